The molecule has 0 aromatic heterocycles. The second kappa shape index (κ2) is 14.4. The van der Waals surface area contributed by atoms with E-state index in [9.17, 15) is 33.9 Å². The van der Waals surface area contributed by atoms with Gasteiger partial charge in [-0.2, -0.15) is 0 Å². The third-order valence-corrected chi connectivity index (χ3v) is 4.43. The Balaban J connectivity index is 4.34. The Morgan fingerprint density at radius 3 is 1.63 bits per heavy atom. The average molecular weight is 427 g/mol. The Labute approximate surface area is 176 Å². The van der Waals surface area contributed by atoms with E-state index in [1.54, 1.807) is 13.8 Å². The van der Waals surface area contributed by atoms with Crippen LogP contribution in [-0.2, 0) is 28.8 Å². The SMILES string of the molecule is CCCC(=O)N[C@@H](CO)C(=O)CCC(=O)N[C@@H](C)C(=O)CCC(=O)N[C@@H](C)C(C)=O. The topological polar surface area (TPSA) is 159 Å². The Hall–Kier alpha value is -2.62. The highest BCUT2D eigenvalue weighted by atomic mass is 16.3. The lowest BCUT2D eigenvalue weighted by atomic mass is 10.1. The fraction of sp³-hybridized carbons (Fsp3) is 0.700. The first-order chi connectivity index (χ1) is 14.0. The van der Waals surface area contributed by atoms with E-state index in [2.05, 4.69) is 16.0 Å². The van der Waals surface area contributed by atoms with Crippen LogP contribution in [0.15, 0.2) is 0 Å². The zero-order chi connectivity index (χ0) is 23.3. The number of Topliss-reactive ketones (excluding diaryl/α,β-unsaturated/α-hetero) is 3. The quantitative estimate of drug-likeness (QED) is 0.276. The fourth-order valence-electron chi connectivity index (χ4n) is 2.40. The summed E-state index contributed by atoms with van der Waals surface area (Å²) in [5, 5.41) is 16.6. The second-order valence-corrected chi connectivity index (χ2v) is 7.17. The number of nitrogens with one attached hydrogen (secondary N) is 3. The maximum atomic E-state index is 12.1. The van der Waals surface area contributed by atoms with Crippen molar-refractivity contribution in [2.24, 2.45) is 0 Å². The first kappa shape index (κ1) is 27.4. The molecule has 0 radical (unpaired) electrons. The minimum Gasteiger partial charge on any atom is -0.394 e. The highest BCUT2D eigenvalue weighted by molar-refractivity contribution is 5.94. The number of amides is 3. The van der Waals surface area contributed by atoms with Crippen molar-refractivity contribution in [1.82, 2.24) is 16.0 Å². The molecule has 0 heterocycles. The van der Waals surface area contributed by atoms with Crippen LogP contribution in [0.1, 0.15) is 66.2 Å². The van der Waals surface area contributed by atoms with Gasteiger partial charge in [-0.3, -0.25) is 28.8 Å². The zero-order valence-electron chi connectivity index (χ0n) is 18.1. The van der Waals surface area contributed by atoms with Crippen molar-refractivity contribution in [3.05, 3.63) is 0 Å². The number of aliphatic hydroxyl groups excluding tert-OH is 1. The van der Waals surface area contributed by atoms with Gasteiger partial charge in [-0.25, -0.2) is 0 Å². The molecule has 0 aromatic carbocycles. The number of hydrogen-bond acceptors (Lipinski definition) is 7. The molecule has 0 fully saturated rings. The number of ketones is 3. The number of carbonyl (C=O) groups excluding carboxylic acids is 6. The first-order valence-electron chi connectivity index (χ1n) is 10.1. The van der Waals surface area contributed by atoms with E-state index in [0.29, 0.717) is 6.42 Å². The van der Waals surface area contributed by atoms with E-state index < -0.39 is 42.3 Å². The van der Waals surface area contributed by atoms with Crippen molar-refractivity contribution in [2.45, 2.75) is 84.3 Å². The first-order valence-corrected chi connectivity index (χ1v) is 10.1. The molecule has 3 atom stereocenters. The summed E-state index contributed by atoms with van der Waals surface area (Å²) in [5.41, 5.74) is 0. The van der Waals surface area contributed by atoms with E-state index in [4.69, 9.17) is 0 Å². The Bertz CT molecular complexity index is 648. The molecule has 10 nitrogen and oxygen atoms in total. The molecule has 0 aromatic rings. The standard InChI is InChI=1S/C20H33N3O7/c1-5-6-18(28)23-15(11-24)17(27)8-10-20(30)22-13(3)16(26)7-9-19(29)21-12(2)14(4)25/h12-13,15,24H,5-11H2,1-4H3,(H,21,29)(H,22,30)(H,23,28)/t12-,13-,15-/m0/s1. The lowest BCUT2D eigenvalue weighted by Gasteiger charge is -2.16. The van der Waals surface area contributed by atoms with Gasteiger partial charge in [0.2, 0.25) is 17.7 Å². The average Bonchev–Trinajstić information content (AvgIpc) is 2.68. The minimum atomic E-state index is -1.06. The minimum absolute atomic E-state index is 0.104. The third-order valence-electron chi connectivity index (χ3n) is 4.43. The van der Waals surface area contributed by atoms with Crippen LogP contribution in [0, 0.1) is 0 Å². The molecule has 0 aliphatic rings. The van der Waals surface area contributed by atoms with E-state index in [1.807, 2.05) is 0 Å². The van der Waals surface area contributed by atoms with Crippen LogP contribution in [0.25, 0.3) is 0 Å². The van der Waals surface area contributed by atoms with Gasteiger partial charge in [0, 0.05) is 32.1 Å². The van der Waals surface area contributed by atoms with Crippen LogP contribution < -0.4 is 16.0 Å². The van der Waals surface area contributed by atoms with Gasteiger partial charge in [0.1, 0.15) is 6.04 Å². The molecule has 170 valence electrons. The molecule has 3 amide bonds. The molecule has 0 spiro atoms. The maximum absolute atomic E-state index is 12.1. The van der Waals surface area contributed by atoms with E-state index in [-0.39, 0.29) is 49.6 Å². The van der Waals surface area contributed by atoms with Crippen molar-refractivity contribution < 1.29 is 33.9 Å². The summed E-state index contributed by atoms with van der Waals surface area (Å²) < 4.78 is 0. The predicted octanol–water partition coefficient (Wildman–Crippen LogP) is -0.439. The lowest BCUT2D eigenvalue weighted by molar-refractivity contribution is -0.131. The molecule has 0 aliphatic carbocycles. The summed E-state index contributed by atoms with van der Waals surface area (Å²) in [7, 11) is 0. The van der Waals surface area contributed by atoms with Crippen LogP contribution in [0.3, 0.4) is 0 Å². The Morgan fingerprint density at radius 2 is 1.17 bits per heavy atom. The molecule has 0 unspecified atom stereocenters. The summed E-state index contributed by atoms with van der Waals surface area (Å²) in [6.45, 7) is 5.61. The number of hydrogen-bond donors (Lipinski definition) is 4. The number of aliphatic hydroxyl groups is 1. The van der Waals surface area contributed by atoms with E-state index in [0.717, 1.165) is 0 Å². The molecule has 0 saturated carbocycles. The van der Waals surface area contributed by atoms with Gasteiger partial charge >= 0.3 is 0 Å². The van der Waals surface area contributed by atoms with Gasteiger partial charge in [-0.05, 0) is 27.2 Å². The summed E-state index contributed by atoms with van der Waals surface area (Å²) in [6.07, 6.45) is 0.222. The van der Waals surface area contributed by atoms with Crippen molar-refractivity contribution in [3.63, 3.8) is 0 Å². The smallest absolute Gasteiger partial charge is 0.221 e. The number of carbonyl (C=O) groups is 6. The fourth-order valence-corrected chi connectivity index (χ4v) is 2.40. The van der Waals surface area contributed by atoms with Gasteiger partial charge in [-0.1, -0.05) is 6.92 Å². The van der Waals surface area contributed by atoms with Crippen molar-refractivity contribution in [1.29, 1.82) is 0 Å². The molecule has 0 bridgehead atoms. The summed E-state index contributed by atoms with van der Waals surface area (Å²) >= 11 is 0. The largest absolute Gasteiger partial charge is 0.394 e. The van der Waals surface area contributed by atoms with E-state index in [1.165, 1.54) is 13.8 Å². The van der Waals surface area contributed by atoms with Gasteiger partial charge in [-0.15, -0.1) is 0 Å². The van der Waals surface area contributed by atoms with Gasteiger partial charge in [0.15, 0.2) is 17.3 Å². The molecule has 10 heteroatoms. The van der Waals surface area contributed by atoms with Crippen molar-refractivity contribution in [3.8, 4) is 0 Å². The van der Waals surface area contributed by atoms with Gasteiger partial charge < -0.3 is 21.1 Å². The Morgan fingerprint density at radius 1 is 0.700 bits per heavy atom. The van der Waals surface area contributed by atoms with Crippen LogP contribution in [-0.4, -0.2) is 64.9 Å². The molecule has 0 saturated heterocycles. The zero-order valence-corrected chi connectivity index (χ0v) is 18.1. The summed E-state index contributed by atoms with van der Waals surface area (Å²) in [6, 6.07) is -2.54. The third kappa shape index (κ3) is 11.4. The lowest BCUT2D eigenvalue weighted by Crippen LogP contribution is -2.44. The highest BCUT2D eigenvalue weighted by Gasteiger charge is 2.22. The number of rotatable bonds is 15. The Kier molecular flexibility index (Phi) is 13.1. The highest BCUT2D eigenvalue weighted by Crippen LogP contribution is 2.01. The molecule has 0 rings (SSSR count). The monoisotopic (exact) mass is 427 g/mol. The van der Waals surface area contributed by atoms with Crippen molar-refractivity contribution >= 4 is 35.1 Å². The maximum Gasteiger partial charge on any atom is 0.221 e. The second-order valence-electron chi connectivity index (χ2n) is 7.17. The van der Waals surface area contributed by atoms with Gasteiger partial charge in [0.05, 0.1) is 18.7 Å². The predicted molar refractivity (Wildman–Crippen MR) is 108 cm³/mol. The summed E-state index contributed by atoms with van der Waals surface area (Å²) in [5.74, 6) is -2.35. The van der Waals surface area contributed by atoms with Crippen LogP contribution >= 0.6 is 0 Å². The van der Waals surface area contributed by atoms with Crippen LogP contribution in [0.5, 0.6) is 0 Å². The molecule has 30 heavy (non-hydrogen) atoms. The normalized spacial score (nSPS) is 13.5. The van der Waals surface area contributed by atoms with Crippen molar-refractivity contribution in [2.75, 3.05) is 6.61 Å². The molecule has 0 aliphatic heterocycles. The summed E-state index contributed by atoms with van der Waals surface area (Å²) in [4.78, 5) is 70.5. The van der Waals surface area contributed by atoms with Gasteiger partial charge in [0.25, 0.3) is 0 Å². The molecule has 4 N–H and O–H groups in total. The van der Waals surface area contributed by atoms with Crippen LogP contribution in [0.2, 0.25) is 0 Å². The van der Waals surface area contributed by atoms with E-state index >= 15 is 0 Å². The molecular formula is C20H33N3O7. The van der Waals surface area contributed by atoms with Crippen LogP contribution in [0.4, 0.5) is 0 Å². The molecular weight excluding hydrogens is 394 g/mol.